The zero-order chi connectivity index (χ0) is 16.2. The summed E-state index contributed by atoms with van der Waals surface area (Å²) >= 11 is 1.55. The molecule has 0 aliphatic carbocycles. The van der Waals surface area contributed by atoms with E-state index in [0.29, 0.717) is 38.4 Å². The summed E-state index contributed by atoms with van der Waals surface area (Å²) in [6.45, 7) is 5.75. The number of nitrogens with zero attached hydrogens (tertiary/aromatic N) is 4. The van der Waals surface area contributed by atoms with Gasteiger partial charge in [-0.2, -0.15) is 5.10 Å². The van der Waals surface area contributed by atoms with Crippen LogP contribution < -0.4 is 0 Å². The van der Waals surface area contributed by atoms with Crippen molar-refractivity contribution in [2.45, 2.75) is 38.7 Å². The maximum atomic E-state index is 12.4. The van der Waals surface area contributed by atoms with Gasteiger partial charge < -0.3 is 9.64 Å². The van der Waals surface area contributed by atoms with Crippen LogP contribution in [0, 0.1) is 0 Å². The molecule has 7 nitrogen and oxygen atoms in total. The Morgan fingerprint density at radius 1 is 1.57 bits per heavy atom. The fourth-order valence-corrected chi connectivity index (χ4v) is 3.08. The zero-order valence-electron chi connectivity index (χ0n) is 13.4. The second-order valence-corrected chi connectivity index (χ2v) is 6.63. The lowest BCUT2D eigenvalue weighted by atomic mass is 10.2. The van der Waals surface area contributed by atoms with Crippen molar-refractivity contribution in [2.24, 2.45) is 0 Å². The Morgan fingerprint density at radius 2 is 2.43 bits per heavy atom. The minimum Gasteiger partial charge on any atom is -0.367 e. The van der Waals surface area contributed by atoms with Crippen LogP contribution in [0.25, 0.3) is 0 Å². The number of rotatable bonds is 5. The first-order chi connectivity index (χ1) is 11.1. The highest BCUT2D eigenvalue weighted by molar-refractivity contribution is 7.07. The van der Waals surface area contributed by atoms with E-state index in [1.54, 1.807) is 16.8 Å². The molecule has 2 aromatic rings. The molecular formula is C15H21N5O2S. The summed E-state index contributed by atoms with van der Waals surface area (Å²) in [4.78, 5) is 22.9. The second-order valence-electron chi connectivity index (χ2n) is 5.91. The van der Waals surface area contributed by atoms with E-state index in [0.717, 1.165) is 11.5 Å². The van der Waals surface area contributed by atoms with Crippen molar-refractivity contribution in [2.75, 3.05) is 19.7 Å². The molecule has 3 heterocycles. The summed E-state index contributed by atoms with van der Waals surface area (Å²) < 4.78 is 5.75. The van der Waals surface area contributed by atoms with Crippen LogP contribution in [0.2, 0.25) is 0 Å². The number of nitrogens with one attached hydrogen (secondary N) is 1. The molecule has 1 aliphatic heterocycles. The molecule has 0 radical (unpaired) electrons. The first kappa shape index (κ1) is 16.1. The highest BCUT2D eigenvalue weighted by Gasteiger charge is 2.27. The molecule has 1 atom stereocenters. The fourth-order valence-electron chi connectivity index (χ4n) is 2.49. The summed E-state index contributed by atoms with van der Waals surface area (Å²) in [6, 6.07) is 0. The van der Waals surface area contributed by atoms with Crippen LogP contribution in [0.15, 0.2) is 10.9 Å². The Balaban J connectivity index is 1.57. The van der Waals surface area contributed by atoms with E-state index in [-0.39, 0.29) is 17.9 Å². The maximum absolute atomic E-state index is 12.4. The van der Waals surface area contributed by atoms with Crippen molar-refractivity contribution >= 4 is 17.2 Å². The standard InChI is InChI=1S/C15H21N5O2S/c1-10(2)14-17-15(19-18-14)12-7-20(5-6-22-12)13(21)4-3-11-8-23-9-16-11/h8-10,12H,3-7H2,1-2H3,(H,17,18,19). The molecule has 1 unspecified atom stereocenters. The predicted octanol–water partition coefficient (Wildman–Crippen LogP) is 1.92. The van der Waals surface area contributed by atoms with Gasteiger partial charge in [0.1, 0.15) is 6.10 Å². The Kier molecular flexibility index (Phi) is 5.02. The number of hydrogen-bond acceptors (Lipinski definition) is 6. The lowest BCUT2D eigenvalue weighted by Gasteiger charge is -2.31. The molecule has 0 spiro atoms. The Morgan fingerprint density at radius 3 is 3.13 bits per heavy atom. The molecule has 1 N–H and O–H groups in total. The van der Waals surface area contributed by atoms with Crippen LogP contribution >= 0.6 is 11.3 Å². The number of ether oxygens (including phenoxy) is 1. The summed E-state index contributed by atoms with van der Waals surface area (Å²) in [7, 11) is 0. The Labute approximate surface area is 139 Å². The van der Waals surface area contributed by atoms with E-state index in [1.807, 2.05) is 24.1 Å². The minimum atomic E-state index is -0.230. The molecule has 0 saturated carbocycles. The van der Waals surface area contributed by atoms with Gasteiger partial charge in [-0.15, -0.1) is 11.3 Å². The normalized spacial score (nSPS) is 18.6. The minimum absolute atomic E-state index is 0.134. The molecule has 1 saturated heterocycles. The molecule has 1 amide bonds. The van der Waals surface area contributed by atoms with Crippen molar-refractivity contribution in [3.8, 4) is 0 Å². The van der Waals surface area contributed by atoms with E-state index in [9.17, 15) is 4.79 Å². The van der Waals surface area contributed by atoms with E-state index in [1.165, 1.54) is 0 Å². The van der Waals surface area contributed by atoms with Gasteiger partial charge in [0.2, 0.25) is 5.91 Å². The van der Waals surface area contributed by atoms with Gasteiger partial charge in [-0.05, 0) is 6.42 Å². The van der Waals surface area contributed by atoms with E-state index in [2.05, 4.69) is 20.2 Å². The van der Waals surface area contributed by atoms with Gasteiger partial charge in [0.15, 0.2) is 11.6 Å². The van der Waals surface area contributed by atoms with Crippen LogP contribution in [0.5, 0.6) is 0 Å². The number of thiazole rings is 1. The van der Waals surface area contributed by atoms with Crippen LogP contribution in [0.4, 0.5) is 0 Å². The average Bonchev–Trinajstić information content (AvgIpc) is 3.24. The number of hydrogen-bond donors (Lipinski definition) is 1. The van der Waals surface area contributed by atoms with Gasteiger partial charge in [0.25, 0.3) is 0 Å². The number of amides is 1. The van der Waals surface area contributed by atoms with E-state index in [4.69, 9.17) is 4.74 Å². The maximum Gasteiger partial charge on any atom is 0.223 e. The van der Waals surface area contributed by atoms with Gasteiger partial charge in [0.05, 0.1) is 24.4 Å². The van der Waals surface area contributed by atoms with Gasteiger partial charge in [-0.1, -0.05) is 13.8 Å². The number of morpholine rings is 1. The number of carbonyl (C=O) groups excluding carboxylic acids is 1. The first-order valence-corrected chi connectivity index (χ1v) is 8.76. The largest absolute Gasteiger partial charge is 0.367 e. The van der Waals surface area contributed by atoms with E-state index >= 15 is 0 Å². The Hall–Kier alpha value is -1.80. The molecule has 0 bridgehead atoms. The quantitative estimate of drug-likeness (QED) is 0.902. The highest BCUT2D eigenvalue weighted by atomic mass is 32.1. The second kappa shape index (κ2) is 7.18. The van der Waals surface area contributed by atoms with E-state index < -0.39 is 0 Å². The summed E-state index contributed by atoms with van der Waals surface area (Å²) in [6.07, 6.45) is 0.931. The monoisotopic (exact) mass is 335 g/mol. The molecule has 8 heteroatoms. The van der Waals surface area contributed by atoms with Gasteiger partial charge in [0, 0.05) is 24.3 Å². The third kappa shape index (κ3) is 3.94. The van der Waals surface area contributed by atoms with Crippen LogP contribution in [-0.2, 0) is 16.0 Å². The molecule has 0 aromatic carbocycles. The number of aromatic nitrogens is 4. The zero-order valence-corrected chi connectivity index (χ0v) is 14.2. The smallest absolute Gasteiger partial charge is 0.223 e. The third-order valence-corrected chi connectivity index (χ3v) is 4.47. The lowest BCUT2D eigenvalue weighted by Crippen LogP contribution is -2.42. The van der Waals surface area contributed by atoms with Gasteiger partial charge in [-0.25, -0.2) is 9.97 Å². The number of carbonyl (C=O) groups is 1. The lowest BCUT2D eigenvalue weighted by molar-refractivity contribution is -0.139. The predicted molar refractivity (Wildman–Crippen MR) is 86.2 cm³/mol. The summed E-state index contributed by atoms with van der Waals surface area (Å²) in [5, 5.41) is 9.13. The van der Waals surface area contributed by atoms with Crippen molar-refractivity contribution < 1.29 is 9.53 Å². The highest BCUT2D eigenvalue weighted by Crippen LogP contribution is 2.21. The molecule has 1 fully saturated rings. The molecule has 2 aromatic heterocycles. The number of aryl methyl sites for hydroxylation is 1. The molecule has 23 heavy (non-hydrogen) atoms. The van der Waals surface area contributed by atoms with Crippen molar-refractivity contribution in [3.05, 3.63) is 28.2 Å². The SMILES string of the molecule is CC(C)c1n[nH]c(C2CN(C(=O)CCc3cscn3)CCO2)n1. The van der Waals surface area contributed by atoms with Gasteiger partial charge in [-0.3, -0.25) is 9.89 Å². The number of aromatic amines is 1. The van der Waals surface area contributed by atoms with Crippen LogP contribution in [0.3, 0.4) is 0 Å². The molecule has 3 rings (SSSR count). The van der Waals surface area contributed by atoms with Gasteiger partial charge >= 0.3 is 0 Å². The third-order valence-electron chi connectivity index (χ3n) is 3.84. The summed E-state index contributed by atoms with van der Waals surface area (Å²) in [5.74, 6) is 1.87. The van der Waals surface area contributed by atoms with Crippen molar-refractivity contribution in [1.29, 1.82) is 0 Å². The van der Waals surface area contributed by atoms with Crippen LogP contribution in [-0.4, -0.2) is 50.7 Å². The van der Waals surface area contributed by atoms with Crippen LogP contribution in [0.1, 0.15) is 49.6 Å². The number of H-pyrrole nitrogens is 1. The first-order valence-electron chi connectivity index (χ1n) is 7.82. The molecular weight excluding hydrogens is 314 g/mol. The topological polar surface area (TPSA) is 84.0 Å². The Bertz CT molecular complexity index is 640. The fraction of sp³-hybridized carbons (Fsp3) is 0.600. The molecule has 124 valence electrons. The van der Waals surface area contributed by atoms with Crippen molar-refractivity contribution in [3.63, 3.8) is 0 Å². The van der Waals surface area contributed by atoms with Crippen molar-refractivity contribution in [1.82, 2.24) is 25.1 Å². The average molecular weight is 335 g/mol. The summed E-state index contributed by atoms with van der Waals surface area (Å²) in [5.41, 5.74) is 2.77. The molecule has 1 aliphatic rings.